The van der Waals surface area contributed by atoms with E-state index in [2.05, 4.69) is 30.2 Å². The van der Waals surface area contributed by atoms with Crippen LogP contribution in [0.15, 0.2) is 30.0 Å². The monoisotopic (exact) mass is 177 g/mol. The van der Waals surface area contributed by atoms with Gasteiger partial charge in [-0.3, -0.25) is 0 Å². The van der Waals surface area contributed by atoms with Gasteiger partial charge in [0.25, 0.3) is 0 Å². The number of nitrogens with zero attached hydrogens (tertiary/aromatic N) is 1. The second-order valence-corrected chi connectivity index (χ2v) is 3.13. The lowest BCUT2D eigenvalue weighted by molar-refractivity contribution is 1.24. The Bertz CT molecular complexity index is 284. The van der Waals surface area contributed by atoms with E-state index in [0.29, 0.717) is 5.82 Å². The van der Waals surface area contributed by atoms with Crippen LogP contribution in [0.3, 0.4) is 0 Å². The zero-order valence-electron chi connectivity index (χ0n) is 8.04. The largest absolute Gasteiger partial charge is 0.384 e. The van der Waals surface area contributed by atoms with Crippen molar-refractivity contribution in [3.63, 3.8) is 0 Å². The van der Waals surface area contributed by atoms with Gasteiger partial charge < -0.3 is 11.1 Å². The molecule has 0 saturated carbocycles. The number of nitrogens with two attached hydrogens (primary N) is 1. The highest BCUT2D eigenvalue weighted by Gasteiger charge is 1.89. The Morgan fingerprint density at radius 2 is 2.31 bits per heavy atom. The zero-order valence-corrected chi connectivity index (χ0v) is 8.04. The van der Waals surface area contributed by atoms with Crippen molar-refractivity contribution in [1.29, 1.82) is 0 Å². The van der Waals surface area contributed by atoms with Crippen molar-refractivity contribution in [2.24, 2.45) is 0 Å². The van der Waals surface area contributed by atoms with E-state index in [1.165, 1.54) is 5.57 Å². The van der Waals surface area contributed by atoms with Crippen molar-refractivity contribution in [3.8, 4) is 0 Å². The number of nitrogen functional groups attached to an aromatic ring is 1. The number of allylic oxidation sites excluding steroid dienone is 1. The molecule has 0 atom stereocenters. The summed E-state index contributed by atoms with van der Waals surface area (Å²) >= 11 is 0. The van der Waals surface area contributed by atoms with Crippen LogP contribution in [0.1, 0.15) is 13.8 Å². The highest BCUT2D eigenvalue weighted by Crippen LogP contribution is 2.06. The first-order valence-electron chi connectivity index (χ1n) is 4.27. The number of pyridine rings is 1. The van der Waals surface area contributed by atoms with Gasteiger partial charge in [-0.25, -0.2) is 4.98 Å². The smallest absolute Gasteiger partial charge is 0.123 e. The van der Waals surface area contributed by atoms with Gasteiger partial charge in [-0.2, -0.15) is 0 Å². The van der Waals surface area contributed by atoms with E-state index in [1.54, 1.807) is 12.3 Å². The minimum absolute atomic E-state index is 0.549. The highest BCUT2D eigenvalue weighted by molar-refractivity contribution is 5.45. The molecule has 0 unspecified atom stereocenters. The molecule has 1 aromatic heterocycles. The third-order valence-electron chi connectivity index (χ3n) is 1.60. The predicted molar refractivity (Wildman–Crippen MR) is 56.6 cm³/mol. The van der Waals surface area contributed by atoms with E-state index in [0.717, 1.165) is 12.2 Å². The van der Waals surface area contributed by atoms with Crippen molar-refractivity contribution in [1.82, 2.24) is 4.98 Å². The number of rotatable bonds is 3. The number of anilines is 2. The summed E-state index contributed by atoms with van der Waals surface area (Å²) in [7, 11) is 0. The van der Waals surface area contributed by atoms with E-state index in [4.69, 9.17) is 5.73 Å². The normalized spacial score (nSPS) is 9.38. The van der Waals surface area contributed by atoms with E-state index >= 15 is 0 Å². The van der Waals surface area contributed by atoms with Crippen molar-refractivity contribution in [2.45, 2.75) is 13.8 Å². The Labute approximate surface area is 78.7 Å². The summed E-state index contributed by atoms with van der Waals surface area (Å²) in [6.45, 7) is 4.97. The topological polar surface area (TPSA) is 50.9 Å². The van der Waals surface area contributed by atoms with Gasteiger partial charge in [0.2, 0.25) is 0 Å². The van der Waals surface area contributed by atoms with Gasteiger partial charge in [-0.1, -0.05) is 11.6 Å². The van der Waals surface area contributed by atoms with E-state index < -0.39 is 0 Å². The SMILES string of the molecule is CC(C)=CCNc1ccc(N)nc1. The van der Waals surface area contributed by atoms with Gasteiger partial charge >= 0.3 is 0 Å². The van der Waals surface area contributed by atoms with Gasteiger partial charge in [-0.15, -0.1) is 0 Å². The Balaban J connectivity index is 2.46. The number of nitrogens with one attached hydrogen (secondary N) is 1. The Hall–Kier alpha value is -1.51. The van der Waals surface area contributed by atoms with Gasteiger partial charge in [0.15, 0.2) is 0 Å². The fourth-order valence-corrected chi connectivity index (χ4v) is 0.883. The predicted octanol–water partition coefficient (Wildman–Crippen LogP) is 2.04. The summed E-state index contributed by atoms with van der Waals surface area (Å²) in [5, 5.41) is 3.21. The summed E-state index contributed by atoms with van der Waals surface area (Å²) in [5.41, 5.74) is 7.75. The molecule has 1 heterocycles. The molecule has 3 N–H and O–H groups in total. The van der Waals surface area contributed by atoms with Crippen LogP contribution in [0.5, 0.6) is 0 Å². The second kappa shape index (κ2) is 4.50. The maximum absolute atomic E-state index is 5.45. The zero-order chi connectivity index (χ0) is 9.68. The molecule has 0 aromatic carbocycles. The lowest BCUT2D eigenvalue weighted by atomic mass is 10.3. The van der Waals surface area contributed by atoms with E-state index in [1.807, 2.05) is 6.07 Å². The highest BCUT2D eigenvalue weighted by atomic mass is 14.9. The molecule has 0 aliphatic carbocycles. The van der Waals surface area contributed by atoms with Gasteiger partial charge in [0, 0.05) is 6.54 Å². The molecule has 0 spiro atoms. The molecule has 0 aliphatic heterocycles. The first kappa shape index (κ1) is 9.58. The number of aromatic nitrogens is 1. The third-order valence-corrected chi connectivity index (χ3v) is 1.60. The molecule has 70 valence electrons. The molecule has 13 heavy (non-hydrogen) atoms. The third kappa shape index (κ3) is 3.60. The number of hydrogen-bond donors (Lipinski definition) is 2. The molecular weight excluding hydrogens is 162 g/mol. The van der Waals surface area contributed by atoms with Crippen molar-refractivity contribution in [2.75, 3.05) is 17.6 Å². The lowest BCUT2D eigenvalue weighted by Crippen LogP contribution is -1.99. The minimum atomic E-state index is 0.549. The fraction of sp³-hybridized carbons (Fsp3) is 0.300. The van der Waals surface area contributed by atoms with Crippen LogP contribution in [0, 0.1) is 0 Å². The second-order valence-electron chi connectivity index (χ2n) is 3.13. The van der Waals surface area contributed by atoms with Crippen LogP contribution in [-0.2, 0) is 0 Å². The maximum atomic E-state index is 5.45. The van der Waals surface area contributed by atoms with Crippen molar-refractivity contribution < 1.29 is 0 Å². The van der Waals surface area contributed by atoms with Crippen LogP contribution < -0.4 is 11.1 Å². The van der Waals surface area contributed by atoms with Crippen molar-refractivity contribution >= 4 is 11.5 Å². The van der Waals surface area contributed by atoms with E-state index in [9.17, 15) is 0 Å². The van der Waals surface area contributed by atoms with Crippen molar-refractivity contribution in [3.05, 3.63) is 30.0 Å². The molecule has 3 nitrogen and oxygen atoms in total. The molecule has 3 heteroatoms. The Morgan fingerprint density at radius 3 is 2.85 bits per heavy atom. The lowest BCUT2D eigenvalue weighted by Gasteiger charge is -2.02. The average molecular weight is 177 g/mol. The van der Waals surface area contributed by atoms with Crippen LogP contribution in [0.25, 0.3) is 0 Å². The molecule has 0 amide bonds. The summed E-state index contributed by atoms with van der Waals surface area (Å²) in [5.74, 6) is 0.549. The van der Waals surface area contributed by atoms with Gasteiger partial charge in [0.05, 0.1) is 11.9 Å². The molecule has 0 aliphatic rings. The Morgan fingerprint density at radius 1 is 1.54 bits per heavy atom. The first-order valence-corrected chi connectivity index (χ1v) is 4.27. The molecule has 0 radical (unpaired) electrons. The average Bonchev–Trinajstić information content (AvgIpc) is 2.08. The molecule has 1 rings (SSSR count). The van der Waals surface area contributed by atoms with Crippen LogP contribution in [-0.4, -0.2) is 11.5 Å². The first-order chi connectivity index (χ1) is 6.18. The van der Waals surface area contributed by atoms with Crippen LogP contribution >= 0.6 is 0 Å². The molecule has 0 fully saturated rings. The number of hydrogen-bond acceptors (Lipinski definition) is 3. The van der Waals surface area contributed by atoms with Gasteiger partial charge in [-0.05, 0) is 26.0 Å². The molecule has 0 bridgehead atoms. The summed E-state index contributed by atoms with van der Waals surface area (Å²) < 4.78 is 0. The van der Waals surface area contributed by atoms with Crippen LogP contribution in [0.4, 0.5) is 11.5 Å². The van der Waals surface area contributed by atoms with Gasteiger partial charge in [0.1, 0.15) is 5.82 Å². The Kier molecular flexibility index (Phi) is 3.31. The quantitative estimate of drug-likeness (QED) is 0.695. The molecule has 0 saturated heterocycles. The molecular formula is C10H15N3. The molecule has 1 aromatic rings. The fourth-order valence-electron chi connectivity index (χ4n) is 0.883. The summed E-state index contributed by atoms with van der Waals surface area (Å²) in [6, 6.07) is 3.70. The van der Waals surface area contributed by atoms with E-state index in [-0.39, 0.29) is 0 Å². The van der Waals surface area contributed by atoms with Crippen LogP contribution in [0.2, 0.25) is 0 Å². The summed E-state index contributed by atoms with van der Waals surface area (Å²) in [4.78, 5) is 3.97. The summed E-state index contributed by atoms with van der Waals surface area (Å²) in [6.07, 6.45) is 3.85. The standard InChI is InChI=1S/C10H15N3/c1-8(2)5-6-12-9-3-4-10(11)13-7-9/h3-5,7,12H,6H2,1-2H3,(H2,11,13). The maximum Gasteiger partial charge on any atom is 0.123 e. The minimum Gasteiger partial charge on any atom is -0.384 e.